The van der Waals surface area contributed by atoms with Gasteiger partial charge in [-0.15, -0.1) is 0 Å². The van der Waals surface area contributed by atoms with Crippen LogP contribution in [0, 0.1) is 0 Å². The molecule has 1 heterocycles. The Hall–Kier alpha value is -1.35. The normalized spacial score (nSPS) is 12.2. The molecule has 2 aromatic rings. The lowest BCUT2D eigenvalue weighted by Crippen LogP contribution is -2.31. The van der Waals surface area contributed by atoms with Crippen LogP contribution in [-0.4, -0.2) is 16.1 Å². The predicted molar refractivity (Wildman–Crippen MR) is 67.5 cm³/mol. The molecule has 86 valence electrons. The lowest BCUT2D eigenvalue weighted by atomic mass is 9.92. The largest absolute Gasteiger partial charge is 0.329 e. The smallest absolute Gasteiger partial charge is 0.116 e. The van der Waals surface area contributed by atoms with Crippen LogP contribution in [0.5, 0.6) is 0 Å². The quantitative estimate of drug-likeness (QED) is 0.857. The van der Waals surface area contributed by atoms with Crippen molar-refractivity contribution in [3.05, 3.63) is 30.1 Å². The third kappa shape index (κ3) is 1.61. The monoisotopic (exact) mass is 217 g/mol. The summed E-state index contributed by atoms with van der Waals surface area (Å²) in [4.78, 5) is 4.71. The van der Waals surface area contributed by atoms with Crippen molar-refractivity contribution in [2.45, 2.75) is 32.7 Å². The SMILES string of the molecule is CCn1c(C(C)(C)CN)nc2ccccc21. The van der Waals surface area contributed by atoms with Gasteiger partial charge in [-0.2, -0.15) is 0 Å². The zero-order valence-electron chi connectivity index (χ0n) is 10.2. The van der Waals surface area contributed by atoms with Gasteiger partial charge in [-0.25, -0.2) is 4.98 Å². The number of benzene rings is 1. The van der Waals surface area contributed by atoms with E-state index in [1.165, 1.54) is 5.52 Å². The summed E-state index contributed by atoms with van der Waals surface area (Å²) >= 11 is 0. The highest BCUT2D eigenvalue weighted by atomic mass is 15.1. The van der Waals surface area contributed by atoms with Crippen molar-refractivity contribution in [2.75, 3.05) is 6.54 Å². The highest BCUT2D eigenvalue weighted by molar-refractivity contribution is 5.76. The molecule has 1 aromatic heterocycles. The van der Waals surface area contributed by atoms with Gasteiger partial charge in [0.25, 0.3) is 0 Å². The van der Waals surface area contributed by atoms with Crippen molar-refractivity contribution in [3.63, 3.8) is 0 Å². The van der Waals surface area contributed by atoms with Gasteiger partial charge in [-0.1, -0.05) is 26.0 Å². The van der Waals surface area contributed by atoms with Gasteiger partial charge in [-0.05, 0) is 19.1 Å². The number of rotatable bonds is 3. The Morgan fingerprint density at radius 1 is 1.31 bits per heavy atom. The maximum atomic E-state index is 5.83. The molecule has 0 saturated heterocycles. The Kier molecular flexibility index (Phi) is 2.72. The van der Waals surface area contributed by atoms with Gasteiger partial charge in [0.1, 0.15) is 5.82 Å². The summed E-state index contributed by atoms with van der Waals surface area (Å²) < 4.78 is 2.25. The highest BCUT2D eigenvalue weighted by Gasteiger charge is 2.25. The minimum absolute atomic E-state index is 0.0744. The fourth-order valence-corrected chi connectivity index (χ4v) is 2.00. The molecule has 2 N–H and O–H groups in total. The molecule has 0 aliphatic heterocycles. The number of para-hydroxylation sites is 2. The average molecular weight is 217 g/mol. The second-order valence-corrected chi connectivity index (χ2v) is 4.76. The summed E-state index contributed by atoms with van der Waals surface area (Å²) in [5.41, 5.74) is 8.01. The molecule has 3 heteroatoms. The lowest BCUT2D eigenvalue weighted by Gasteiger charge is -2.22. The molecule has 0 atom stereocenters. The van der Waals surface area contributed by atoms with Crippen LogP contribution in [0.25, 0.3) is 11.0 Å². The second-order valence-electron chi connectivity index (χ2n) is 4.76. The van der Waals surface area contributed by atoms with Crippen molar-refractivity contribution in [3.8, 4) is 0 Å². The first-order valence-electron chi connectivity index (χ1n) is 5.76. The van der Waals surface area contributed by atoms with Crippen LogP contribution in [-0.2, 0) is 12.0 Å². The van der Waals surface area contributed by atoms with Crippen LogP contribution < -0.4 is 5.73 Å². The molecule has 0 aliphatic carbocycles. The van der Waals surface area contributed by atoms with Crippen LogP contribution >= 0.6 is 0 Å². The highest BCUT2D eigenvalue weighted by Crippen LogP contribution is 2.25. The van der Waals surface area contributed by atoms with E-state index in [9.17, 15) is 0 Å². The van der Waals surface area contributed by atoms with Gasteiger partial charge in [0.15, 0.2) is 0 Å². The van der Waals surface area contributed by atoms with E-state index in [1.54, 1.807) is 0 Å². The zero-order valence-corrected chi connectivity index (χ0v) is 10.2. The standard InChI is InChI=1S/C13H19N3/c1-4-16-11-8-6-5-7-10(11)15-12(16)13(2,3)9-14/h5-8H,4,9,14H2,1-3H3. The van der Waals surface area contributed by atoms with Gasteiger partial charge < -0.3 is 10.3 Å². The molecular formula is C13H19N3. The summed E-state index contributed by atoms with van der Waals surface area (Å²) in [5, 5.41) is 0. The Labute approximate surface area is 96.3 Å². The fourth-order valence-electron chi connectivity index (χ4n) is 2.00. The van der Waals surface area contributed by atoms with Crippen molar-refractivity contribution in [1.29, 1.82) is 0 Å². The third-order valence-corrected chi connectivity index (χ3v) is 3.09. The Morgan fingerprint density at radius 2 is 2.00 bits per heavy atom. The summed E-state index contributed by atoms with van der Waals surface area (Å²) in [6.45, 7) is 7.96. The molecule has 0 amide bonds. The number of hydrogen-bond acceptors (Lipinski definition) is 2. The zero-order chi connectivity index (χ0) is 11.8. The summed E-state index contributed by atoms with van der Waals surface area (Å²) in [7, 11) is 0. The van der Waals surface area contributed by atoms with Gasteiger partial charge in [0.2, 0.25) is 0 Å². The van der Waals surface area contributed by atoms with E-state index in [0.29, 0.717) is 6.54 Å². The fraction of sp³-hybridized carbons (Fsp3) is 0.462. The number of imidazole rings is 1. The number of nitrogens with zero attached hydrogens (tertiary/aromatic N) is 2. The van der Waals surface area contributed by atoms with E-state index < -0.39 is 0 Å². The molecule has 3 nitrogen and oxygen atoms in total. The Bertz CT molecular complexity index is 497. The molecule has 0 saturated carbocycles. The first-order chi connectivity index (χ1) is 7.60. The van der Waals surface area contributed by atoms with Gasteiger partial charge in [0.05, 0.1) is 11.0 Å². The molecule has 0 fully saturated rings. The Balaban J connectivity index is 2.70. The van der Waals surface area contributed by atoms with E-state index in [0.717, 1.165) is 17.9 Å². The van der Waals surface area contributed by atoms with E-state index >= 15 is 0 Å². The van der Waals surface area contributed by atoms with Crippen LogP contribution in [0.2, 0.25) is 0 Å². The van der Waals surface area contributed by atoms with Crippen LogP contribution in [0.1, 0.15) is 26.6 Å². The van der Waals surface area contributed by atoms with Gasteiger partial charge in [-0.3, -0.25) is 0 Å². The number of fused-ring (bicyclic) bond motifs is 1. The molecular weight excluding hydrogens is 198 g/mol. The van der Waals surface area contributed by atoms with E-state index in [-0.39, 0.29) is 5.41 Å². The Morgan fingerprint density at radius 3 is 2.62 bits per heavy atom. The topological polar surface area (TPSA) is 43.8 Å². The summed E-state index contributed by atoms with van der Waals surface area (Å²) in [6, 6.07) is 8.24. The minimum Gasteiger partial charge on any atom is -0.329 e. The molecule has 2 rings (SSSR count). The average Bonchev–Trinajstić information content (AvgIpc) is 2.68. The molecule has 0 aliphatic rings. The van der Waals surface area contributed by atoms with Crippen LogP contribution in [0.3, 0.4) is 0 Å². The van der Waals surface area contributed by atoms with E-state index in [1.807, 2.05) is 6.07 Å². The number of aryl methyl sites for hydroxylation is 1. The van der Waals surface area contributed by atoms with Crippen LogP contribution in [0.15, 0.2) is 24.3 Å². The predicted octanol–water partition coefficient (Wildman–Crippen LogP) is 2.29. The molecule has 0 unspecified atom stereocenters. The maximum absolute atomic E-state index is 5.83. The number of nitrogens with two attached hydrogens (primary N) is 1. The van der Waals surface area contributed by atoms with E-state index in [2.05, 4.69) is 43.5 Å². The third-order valence-electron chi connectivity index (χ3n) is 3.09. The summed E-state index contributed by atoms with van der Waals surface area (Å²) in [6.07, 6.45) is 0. The van der Waals surface area contributed by atoms with Gasteiger partial charge in [0, 0.05) is 18.5 Å². The minimum atomic E-state index is -0.0744. The molecule has 0 radical (unpaired) electrons. The number of hydrogen-bond donors (Lipinski definition) is 1. The van der Waals surface area contributed by atoms with Crippen molar-refractivity contribution in [2.24, 2.45) is 5.73 Å². The molecule has 16 heavy (non-hydrogen) atoms. The van der Waals surface area contributed by atoms with Gasteiger partial charge >= 0.3 is 0 Å². The van der Waals surface area contributed by atoms with Crippen molar-refractivity contribution >= 4 is 11.0 Å². The first kappa shape index (κ1) is 11.1. The summed E-state index contributed by atoms with van der Waals surface area (Å²) in [5.74, 6) is 1.08. The molecule has 1 aromatic carbocycles. The molecule has 0 spiro atoms. The molecule has 0 bridgehead atoms. The van der Waals surface area contributed by atoms with Crippen molar-refractivity contribution in [1.82, 2.24) is 9.55 Å². The van der Waals surface area contributed by atoms with E-state index in [4.69, 9.17) is 10.7 Å². The second kappa shape index (κ2) is 3.91. The van der Waals surface area contributed by atoms with Crippen molar-refractivity contribution < 1.29 is 0 Å². The van der Waals surface area contributed by atoms with Crippen LogP contribution in [0.4, 0.5) is 0 Å². The first-order valence-corrected chi connectivity index (χ1v) is 5.76. The maximum Gasteiger partial charge on any atom is 0.116 e. The lowest BCUT2D eigenvalue weighted by molar-refractivity contribution is 0.477. The number of aromatic nitrogens is 2.